The monoisotopic (exact) mass is 250 g/mol. The maximum absolute atomic E-state index is 5.07. The van der Waals surface area contributed by atoms with Gasteiger partial charge in [-0.05, 0) is 6.92 Å². The van der Waals surface area contributed by atoms with E-state index in [1.54, 1.807) is 18.0 Å². The van der Waals surface area contributed by atoms with Crippen LogP contribution in [-0.2, 0) is 17.8 Å². The second kappa shape index (κ2) is 6.15. The molecule has 0 spiro atoms. The summed E-state index contributed by atoms with van der Waals surface area (Å²) in [4.78, 5) is 4.43. The minimum absolute atomic E-state index is 0.674. The summed E-state index contributed by atoms with van der Waals surface area (Å²) in [5, 5.41) is 11.0. The van der Waals surface area contributed by atoms with Crippen LogP contribution in [0.4, 0.5) is 5.95 Å². The fourth-order valence-electron chi connectivity index (χ4n) is 1.68. The summed E-state index contributed by atoms with van der Waals surface area (Å²) < 4.78 is 8.91. The highest BCUT2D eigenvalue weighted by atomic mass is 16.5. The molecule has 0 aromatic carbocycles. The van der Waals surface area contributed by atoms with Crippen molar-refractivity contribution in [2.24, 2.45) is 0 Å². The van der Waals surface area contributed by atoms with Gasteiger partial charge in [-0.25, -0.2) is 4.98 Å². The first-order valence-corrected chi connectivity index (χ1v) is 5.90. The molecule has 0 atom stereocenters. The lowest BCUT2D eigenvalue weighted by molar-refractivity contribution is 0.187. The van der Waals surface area contributed by atoms with Crippen molar-refractivity contribution in [3.8, 4) is 0 Å². The molecule has 2 aromatic rings. The van der Waals surface area contributed by atoms with Gasteiger partial charge in [-0.15, -0.1) is 5.10 Å². The lowest BCUT2D eigenvalue weighted by Gasteiger charge is -2.09. The van der Waals surface area contributed by atoms with Gasteiger partial charge in [0.25, 0.3) is 0 Å². The molecule has 2 aromatic heterocycles. The van der Waals surface area contributed by atoms with Gasteiger partial charge in [-0.2, -0.15) is 0 Å². The molecule has 0 fully saturated rings. The Balaban J connectivity index is 1.87. The first kappa shape index (κ1) is 12.6. The van der Waals surface area contributed by atoms with Crippen LogP contribution in [0.3, 0.4) is 0 Å². The summed E-state index contributed by atoms with van der Waals surface area (Å²) >= 11 is 0. The molecule has 18 heavy (non-hydrogen) atoms. The number of imidazole rings is 1. The van der Waals surface area contributed by atoms with Crippen LogP contribution in [0.5, 0.6) is 0 Å². The Hall–Kier alpha value is -1.89. The number of methoxy groups -OCH3 is 1. The van der Waals surface area contributed by atoms with Crippen molar-refractivity contribution in [1.82, 2.24) is 24.5 Å². The maximum Gasteiger partial charge on any atom is 0.203 e. The van der Waals surface area contributed by atoms with Crippen molar-refractivity contribution in [3.05, 3.63) is 24.3 Å². The van der Waals surface area contributed by atoms with Crippen molar-refractivity contribution in [2.75, 3.05) is 25.6 Å². The lowest BCUT2D eigenvalue weighted by Crippen LogP contribution is -2.15. The number of hydrogen-bond acceptors (Lipinski definition) is 5. The van der Waals surface area contributed by atoms with Gasteiger partial charge in [0.1, 0.15) is 0 Å². The van der Waals surface area contributed by atoms with Crippen molar-refractivity contribution in [2.45, 2.75) is 20.0 Å². The number of ether oxygens (including phenoxy) is 1. The van der Waals surface area contributed by atoms with E-state index in [0.717, 1.165) is 31.3 Å². The molecule has 0 unspecified atom stereocenters. The molecule has 0 bridgehead atoms. The molecule has 0 aliphatic carbocycles. The van der Waals surface area contributed by atoms with Crippen molar-refractivity contribution < 1.29 is 4.74 Å². The Morgan fingerprint density at radius 1 is 1.39 bits per heavy atom. The highest BCUT2D eigenvalue weighted by molar-refractivity contribution is 5.28. The summed E-state index contributed by atoms with van der Waals surface area (Å²) in [5.41, 5.74) is 0.995. The van der Waals surface area contributed by atoms with Gasteiger partial charge >= 0.3 is 0 Å². The number of nitrogens with zero attached hydrogens (tertiary/aromatic N) is 5. The normalized spacial score (nSPS) is 10.8. The highest BCUT2D eigenvalue weighted by Gasteiger charge is 2.04. The number of rotatable bonds is 7. The Kier molecular flexibility index (Phi) is 4.30. The zero-order valence-corrected chi connectivity index (χ0v) is 10.7. The molecular formula is C11H18N6O. The van der Waals surface area contributed by atoms with E-state index in [0.29, 0.717) is 6.61 Å². The van der Waals surface area contributed by atoms with Crippen LogP contribution in [0.2, 0.25) is 0 Å². The molecule has 7 heteroatoms. The van der Waals surface area contributed by atoms with E-state index in [1.165, 1.54) is 0 Å². The number of nitrogens with one attached hydrogen (secondary N) is 1. The number of aromatic nitrogens is 5. The number of hydrogen-bond donors (Lipinski definition) is 1. The first-order valence-electron chi connectivity index (χ1n) is 5.90. The fourth-order valence-corrected chi connectivity index (χ4v) is 1.68. The van der Waals surface area contributed by atoms with E-state index >= 15 is 0 Å². The van der Waals surface area contributed by atoms with Gasteiger partial charge in [-0.1, -0.05) is 5.21 Å². The predicted octanol–water partition coefficient (Wildman–Crippen LogP) is 0.542. The van der Waals surface area contributed by atoms with Crippen LogP contribution in [0, 0.1) is 6.92 Å². The Labute approximate surface area is 106 Å². The zero-order valence-electron chi connectivity index (χ0n) is 10.7. The van der Waals surface area contributed by atoms with Crippen LogP contribution in [-0.4, -0.2) is 44.8 Å². The van der Waals surface area contributed by atoms with Crippen molar-refractivity contribution in [1.29, 1.82) is 0 Å². The molecule has 0 amide bonds. The first-order chi connectivity index (χ1) is 8.79. The summed E-state index contributed by atoms with van der Waals surface area (Å²) in [7, 11) is 1.70. The van der Waals surface area contributed by atoms with Gasteiger partial charge in [0.05, 0.1) is 25.0 Å². The zero-order chi connectivity index (χ0) is 12.8. The molecule has 0 aliphatic heterocycles. The standard InChI is InChI=1S/C11H18N6O/c1-10-9-16(7-8-18-2)11(14-10)12-3-5-17-6-4-13-15-17/h4,6,9H,3,5,7-8H2,1-2H3,(H,12,14). The average Bonchev–Trinajstić information content (AvgIpc) is 2.97. The third kappa shape index (κ3) is 3.30. The van der Waals surface area contributed by atoms with Crippen LogP contribution >= 0.6 is 0 Å². The molecule has 2 rings (SSSR count). The average molecular weight is 250 g/mol. The number of aryl methyl sites for hydroxylation is 1. The van der Waals surface area contributed by atoms with Gasteiger partial charge in [0.2, 0.25) is 5.95 Å². The fraction of sp³-hybridized carbons (Fsp3) is 0.545. The van der Waals surface area contributed by atoms with E-state index in [2.05, 4.69) is 25.2 Å². The lowest BCUT2D eigenvalue weighted by atomic mass is 10.5. The molecule has 98 valence electrons. The molecule has 0 aliphatic rings. The molecule has 0 saturated carbocycles. The van der Waals surface area contributed by atoms with Crippen LogP contribution < -0.4 is 5.32 Å². The van der Waals surface area contributed by atoms with Crippen LogP contribution in [0.25, 0.3) is 0 Å². The van der Waals surface area contributed by atoms with E-state index in [9.17, 15) is 0 Å². The van der Waals surface area contributed by atoms with Crippen LogP contribution in [0.15, 0.2) is 18.6 Å². The second-order valence-corrected chi connectivity index (χ2v) is 3.98. The smallest absolute Gasteiger partial charge is 0.203 e. The Morgan fingerprint density at radius 3 is 3.00 bits per heavy atom. The van der Waals surface area contributed by atoms with Gasteiger partial charge < -0.3 is 14.6 Å². The SMILES string of the molecule is COCCn1cc(C)nc1NCCn1ccnn1. The quantitative estimate of drug-likeness (QED) is 0.776. The third-order valence-electron chi connectivity index (χ3n) is 2.53. The Morgan fingerprint density at radius 2 is 2.28 bits per heavy atom. The van der Waals surface area contributed by atoms with E-state index in [-0.39, 0.29) is 0 Å². The molecule has 1 N–H and O–H groups in total. The summed E-state index contributed by atoms with van der Waals surface area (Å²) in [6.07, 6.45) is 5.52. The van der Waals surface area contributed by atoms with E-state index in [4.69, 9.17) is 4.74 Å². The minimum Gasteiger partial charge on any atom is -0.383 e. The van der Waals surface area contributed by atoms with Gasteiger partial charge in [0.15, 0.2) is 0 Å². The van der Waals surface area contributed by atoms with Crippen LogP contribution in [0.1, 0.15) is 5.69 Å². The summed E-state index contributed by atoms with van der Waals surface area (Å²) in [6, 6.07) is 0. The molecule has 0 radical (unpaired) electrons. The Bertz CT molecular complexity index is 464. The van der Waals surface area contributed by atoms with Gasteiger partial charge in [0, 0.05) is 32.6 Å². The van der Waals surface area contributed by atoms with Crippen molar-refractivity contribution >= 4 is 5.95 Å². The van der Waals surface area contributed by atoms with E-state index in [1.807, 2.05) is 19.3 Å². The molecule has 2 heterocycles. The topological polar surface area (TPSA) is 69.8 Å². The maximum atomic E-state index is 5.07. The molecule has 7 nitrogen and oxygen atoms in total. The molecular weight excluding hydrogens is 232 g/mol. The second-order valence-electron chi connectivity index (χ2n) is 3.98. The minimum atomic E-state index is 0.674. The summed E-state index contributed by atoms with van der Waals surface area (Å²) in [6.45, 7) is 4.96. The highest BCUT2D eigenvalue weighted by Crippen LogP contribution is 2.07. The largest absolute Gasteiger partial charge is 0.383 e. The predicted molar refractivity (Wildman–Crippen MR) is 67.4 cm³/mol. The summed E-state index contributed by atoms with van der Waals surface area (Å²) in [5.74, 6) is 0.865. The van der Waals surface area contributed by atoms with E-state index < -0.39 is 0 Å². The van der Waals surface area contributed by atoms with Crippen molar-refractivity contribution in [3.63, 3.8) is 0 Å². The number of anilines is 1. The molecule has 0 saturated heterocycles. The third-order valence-corrected chi connectivity index (χ3v) is 2.53. The van der Waals surface area contributed by atoms with Gasteiger partial charge in [-0.3, -0.25) is 4.68 Å².